The largest absolute Gasteiger partial charge is 0.395 e. The average molecular weight is 387 g/mol. The van der Waals surface area contributed by atoms with Crippen molar-refractivity contribution in [3.8, 4) is 0 Å². The maximum absolute atomic E-state index is 12.6. The molecule has 2 aliphatic heterocycles. The fraction of sp³-hybridized carbons (Fsp3) is 0.381. The van der Waals surface area contributed by atoms with Gasteiger partial charge in [-0.2, -0.15) is 0 Å². The molecule has 4 rings (SSSR count). The molecule has 0 aliphatic carbocycles. The van der Waals surface area contributed by atoms with Gasteiger partial charge in [-0.1, -0.05) is 48.0 Å². The van der Waals surface area contributed by atoms with Crippen LogP contribution in [-0.2, 0) is 16.1 Å². The lowest BCUT2D eigenvalue weighted by Crippen LogP contribution is -2.68. The number of rotatable bonds is 5. The number of aliphatic hydroxyl groups is 1. The number of ether oxygens (including phenoxy) is 1. The number of anilines is 1. The molecule has 0 unspecified atom stereocenters. The maximum Gasteiger partial charge on any atom is 0.253 e. The Labute approximate surface area is 164 Å². The zero-order chi connectivity index (χ0) is 19.0. The van der Waals surface area contributed by atoms with E-state index in [-0.39, 0.29) is 37.1 Å². The molecular formula is C21H23ClN2O3. The summed E-state index contributed by atoms with van der Waals surface area (Å²) in [7, 11) is 1.53. The van der Waals surface area contributed by atoms with Crippen molar-refractivity contribution in [3.05, 3.63) is 64.7 Å². The van der Waals surface area contributed by atoms with Gasteiger partial charge in [0.15, 0.2) is 0 Å². The molecule has 5 nitrogen and oxygen atoms in total. The molecule has 0 saturated carbocycles. The number of amides is 1. The number of nitrogens with zero attached hydrogens (tertiary/aromatic N) is 2. The number of carbonyl (C=O) groups is 1. The van der Waals surface area contributed by atoms with Crippen molar-refractivity contribution in [2.45, 2.75) is 24.5 Å². The number of hydrogen-bond donors (Lipinski definition) is 1. The molecule has 2 aliphatic rings. The molecule has 0 radical (unpaired) electrons. The molecule has 1 amide bonds. The van der Waals surface area contributed by atoms with Crippen LogP contribution in [0.4, 0.5) is 5.69 Å². The molecule has 1 fully saturated rings. The van der Waals surface area contributed by atoms with E-state index in [1.807, 2.05) is 47.4 Å². The van der Waals surface area contributed by atoms with E-state index in [0.29, 0.717) is 13.1 Å². The minimum absolute atomic E-state index is 0.0205. The Bertz CT molecular complexity index is 844. The standard InChI is InChI=1S/C21H23ClN2O3/c1-27-13-20(26)24-11-18-21(15-7-3-5-9-17(15)24)19(12-25)23(18)10-14-6-2-4-8-16(14)22/h2-9,18-19,21,25H,10-13H2,1H3/t18-,19+,21+/m1/s1. The number of methoxy groups -OCH3 is 1. The predicted octanol–water partition coefficient (Wildman–Crippen LogP) is 2.66. The van der Waals surface area contributed by atoms with Crippen molar-refractivity contribution in [3.63, 3.8) is 0 Å². The highest BCUT2D eigenvalue weighted by molar-refractivity contribution is 6.31. The molecule has 142 valence electrons. The second-order valence-electron chi connectivity index (χ2n) is 7.10. The zero-order valence-electron chi connectivity index (χ0n) is 15.2. The fourth-order valence-corrected chi connectivity index (χ4v) is 4.66. The quantitative estimate of drug-likeness (QED) is 0.858. The summed E-state index contributed by atoms with van der Waals surface area (Å²) in [5, 5.41) is 10.8. The second kappa shape index (κ2) is 7.60. The zero-order valence-corrected chi connectivity index (χ0v) is 16.0. The number of carbonyl (C=O) groups excluding carboxylic acids is 1. The van der Waals surface area contributed by atoms with Crippen LogP contribution in [0.25, 0.3) is 0 Å². The molecule has 2 heterocycles. The molecule has 3 atom stereocenters. The van der Waals surface area contributed by atoms with Gasteiger partial charge >= 0.3 is 0 Å². The first-order valence-corrected chi connectivity index (χ1v) is 9.51. The minimum atomic E-state index is -0.0476. The van der Waals surface area contributed by atoms with E-state index >= 15 is 0 Å². The topological polar surface area (TPSA) is 53.0 Å². The van der Waals surface area contributed by atoms with Crippen LogP contribution in [0.1, 0.15) is 17.0 Å². The predicted molar refractivity (Wildman–Crippen MR) is 105 cm³/mol. The Morgan fingerprint density at radius 1 is 1.22 bits per heavy atom. The summed E-state index contributed by atoms with van der Waals surface area (Å²) >= 11 is 6.35. The molecule has 1 N–H and O–H groups in total. The van der Waals surface area contributed by atoms with Gasteiger partial charge in [-0.3, -0.25) is 9.69 Å². The lowest BCUT2D eigenvalue weighted by atomic mass is 9.71. The van der Waals surface area contributed by atoms with Crippen LogP contribution in [0.15, 0.2) is 48.5 Å². The third-order valence-electron chi connectivity index (χ3n) is 5.70. The molecule has 2 aromatic rings. The van der Waals surface area contributed by atoms with Crippen LogP contribution in [-0.4, -0.2) is 54.9 Å². The molecule has 1 saturated heterocycles. The van der Waals surface area contributed by atoms with E-state index in [4.69, 9.17) is 16.3 Å². The number of para-hydroxylation sites is 1. The summed E-state index contributed by atoms with van der Waals surface area (Å²) in [6.45, 7) is 1.37. The molecule has 2 aromatic carbocycles. The van der Waals surface area contributed by atoms with Crippen molar-refractivity contribution in [2.75, 3.05) is 31.8 Å². The van der Waals surface area contributed by atoms with Crippen LogP contribution >= 0.6 is 11.6 Å². The molecule has 0 spiro atoms. The van der Waals surface area contributed by atoms with Crippen molar-refractivity contribution < 1.29 is 14.6 Å². The number of likely N-dealkylation sites (tertiary alicyclic amines) is 1. The van der Waals surface area contributed by atoms with Gasteiger partial charge in [0.2, 0.25) is 0 Å². The highest BCUT2D eigenvalue weighted by Gasteiger charge is 2.53. The first-order chi connectivity index (χ1) is 13.2. The number of benzene rings is 2. The van der Waals surface area contributed by atoms with E-state index in [1.165, 1.54) is 7.11 Å². The summed E-state index contributed by atoms with van der Waals surface area (Å²) in [6, 6.07) is 15.9. The summed E-state index contributed by atoms with van der Waals surface area (Å²) in [4.78, 5) is 16.7. The Morgan fingerprint density at radius 2 is 1.96 bits per heavy atom. The summed E-state index contributed by atoms with van der Waals surface area (Å²) in [5.41, 5.74) is 3.08. The lowest BCUT2D eigenvalue weighted by Gasteiger charge is -2.59. The van der Waals surface area contributed by atoms with E-state index in [1.54, 1.807) is 0 Å². The number of aliphatic hydroxyl groups excluding tert-OH is 1. The van der Waals surface area contributed by atoms with E-state index in [0.717, 1.165) is 21.8 Å². The monoisotopic (exact) mass is 386 g/mol. The van der Waals surface area contributed by atoms with Crippen LogP contribution < -0.4 is 4.90 Å². The van der Waals surface area contributed by atoms with Crippen LogP contribution in [0, 0.1) is 0 Å². The van der Waals surface area contributed by atoms with Gasteiger partial charge in [0, 0.05) is 48.9 Å². The molecule has 6 heteroatoms. The second-order valence-corrected chi connectivity index (χ2v) is 7.51. The third kappa shape index (κ3) is 3.15. The fourth-order valence-electron chi connectivity index (χ4n) is 4.46. The molecule has 0 bridgehead atoms. The van der Waals surface area contributed by atoms with Gasteiger partial charge in [0.1, 0.15) is 6.61 Å². The Hall–Kier alpha value is -1.92. The van der Waals surface area contributed by atoms with Gasteiger partial charge in [-0.15, -0.1) is 0 Å². The molecular weight excluding hydrogens is 364 g/mol. The van der Waals surface area contributed by atoms with Crippen molar-refractivity contribution in [1.29, 1.82) is 0 Å². The average Bonchev–Trinajstić information content (AvgIpc) is 2.67. The van der Waals surface area contributed by atoms with Crippen LogP contribution in [0.3, 0.4) is 0 Å². The van der Waals surface area contributed by atoms with Gasteiger partial charge < -0.3 is 14.7 Å². The number of fused-ring (bicyclic) bond motifs is 3. The van der Waals surface area contributed by atoms with Crippen LogP contribution in [0.2, 0.25) is 5.02 Å². The number of hydrogen-bond acceptors (Lipinski definition) is 4. The number of halogens is 1. The smallest absolute Gasteiger partial charge is 0.253 e. The van der Waals surface area contributed by atoms with Gasteiger partial charge in [0.05, 0.1) is 6.61 Å². The Kier molecular flexibility index (Phi) is 5.19. The summed E-state index contributed by atoms with van der Waals surface area (Å²) < 4.78 is 5.07. The van der Waals surface area contributed by atoms with E-state index in [2.05, 4.69) is 11.0 Å². The summed E-state index contributed by atoms with van der Waals surface area (Å²) in [5.74, 6) is 0.161. The maximum atomic E-state index is 12.6. The van der Waals surface area contributed by atoms with Gasteiger partial charge in [-0.25, -0.2) is 0 Å². The van der Waals surface area contributed by atoms with Gasteiger partial charge in [0.25, 0.3) is 5.91 Å². The highest BCUT2D eigenvalue weighted by Crippen LogP contribution is 2.48. The minimum Gasteiger partial charge on any atom is -0.395 e. The van der Waals surface area contributed by atoms with Crippen LogP contribution in [0.5, 0.6) is 0 Å². The van der Waals surface area contributed by atoms with E-state index in [9.17, 15) is 9.90 Å². The molecule has 27 heavy (non-hydrogen) atoms. The summed E-state index contributed by atoms with van der Waals surface area (Å²) in [6.07, 6.45) is 0. The van der Waals surface area contributed by atoms with Crippen molar-refractivity contribution in [1.82, 2.24) is 4.90 Å². The SMILES string of the molecule is COCC(=O)N1C[C@@H]2[C@H](c3ccccc31)[C@H](CO)N2Cc1ccccc1Cl. The van der Waals surface area contributed by atoms with Gasteiger partial charge in [-0.05, 0) is 23.3 Å². The van der Waals surface area contributed by atoms with Crippen molar-refractivity contribution >= 4 is 23.2 Å². The highest BCUT2D eigenvalue weighted by atomic mass is 35.5. The lowest BCUT2D eigenvalue weighted by molar-refractivity contribution is -0.123. The normalized spacial score (nSPS) is 24.1. The Balaban J connectivity index is 1.66. The molecule has 0 aromatic heterocycles. The third-order valence-corrected chi connectivity index (χ3v) is 6.07. The first-order valence-electron chi connectivity index (χ1n) is 9.14. The van der Waals surface area contributed by atoms with Crippen molar-refractivity contribution in [2.24, 2.45) is 0 Å². The first kappa shape index (κ1) is 18.4. The van der Waals surface area contributed by atoms with E-state index < -0.39 is 0 Å². The Morgan fingerprint density at radius 3 is 2.70 bits per heavy atom.